The van der Waals surface area contributed by atoms with Gasteiger partial charge < -0.3 is 14.6 Å². The Bertz CT molecular complexity index is 800. The van der Waals surface area contributed by atoms with E-state index in [2.05, 4.69) is 5.10 Å². The van der Waals surface area contributed by atoms with Gasteiger partial charge in [-0.05, 0) is 24.3 Å². The third-order valence-corrected chi connectivity index (χ3v) is 3.60. The summed E-state index contributed by atoms with van der Waals surface area (Å²) in [6.07, 6.45) is 1.33. The second kappa shape index (κ2) is 6.04. The summed E-state index contributed by atoms with van der Waals surface area (Å²) < 4.78 is 10.1. The highest BCUT2D eigenvalue weighted by Gasteiger charge is 2.35. The van der Waals surface area contributed by atoms with Gasteiger partial charge in [0.1, 0.15) is 0 Å². The van der Waals surface area contributed by atoms with Crippen LogP contribution in [0.25, 0.3) is 0 Å². The second-order valence-corrected chi connectivity index (χ2v) is 4.99. The van der Waals surface area contributed by atoms with Gasteiger partial charge in [0.05, 0.1) is 31.6 Å². The van der Waals surface area contributed by atoms with Gasteiger partial charge in [-0.25, -0.2) is 0 Å². The van der Waals surface area contributed by atoms with Crippen molar-refractivity contribution in [2.75, 3.05) is 14.2 Å². The number of hydrogen-bond acceptors (Lipinski definition) is 6. The van der Waals surface area contributed by atoms with Crippen LogP contribution in [0.2, 0.25) is 0 Å². The molecule has 1 aliphatic heterocycles. The minimum Gasteiger partial charge on any atom is -0.502 e. The minimum atomic E-state index is -0.482. The topological polar surface area (TPSA) is 88.4 Å². The number of rotatable bonds is 4. The molecule has 0 fully saturated rings. The highest BCUT2D eigenvalue weighted by molar-refractivity contribution is 6.21. The number of hydrogen-bond donors (Lipinski definition) is 1. The fourth-order valence-electron chi connectivity index (χ4n) is 2.39. The molecule has 0 unspecified atom stereocenters. The van der Waals surface area contributed by atoms with Crippen LogP contribution in [0.15, 0.2) is 41.5 Å². The van der Waals surface area contributed by atoms with Crippen LogP contribution in [0.1, 0.15) is 26.3 Å². The number of nitrogens with zero attached hydrogens (tertiary/aromatic N) is 2. The Morgan fingerprint density at radius 2 is 1.50 bits per heavy atom. The average molecular weight is 326 g/mol. The summed E-state index contributed by atoms with van der Waals surface area (Å²) in [4.78, 5) is 24.5. The molecule has 0 aliphatic carbocycles. The molecule has 2 aromatic carbocycles. The third kappa shape index (κ3) is 2.45. The fourth-order valence-corrected chi connectivity index (χ4v) is 2.39. The molecule has 122 valence electrons. The summed E-state index contributed by atoms with van der Waals surface area (Å²) in [5.41, 5.74) is 1.14. The van der Waals surface area contributed by atoms with Crippen LogP contribution >= 0.6 is 0 Å². The van der Waals surface area contributed by atoms with E-state index in [1.807, 2.05) is 0 Å². The van der Waals surface area contributed by atoms with Crippen molar-refractivity contribution in [1.29, 1.82) is 0 Å². The molecule has 2 aromatic rings. The van der Waals surface area contributed by atoms with Crippen LogP contribution in [-0.4, -0.2) is 42.4 Å². The SMILES string of the molecule is COc1cc(/C=N/N2C(=O)c3ccccc3C2=O)cc(OC)c1O. The maximum absolute atomic E-state index is 12.2. The molecular weight excluding hydrogens is 312 g/mol. The summed E-state index contributed by atoms with van der Waals surface area (Å²) in [7, 11) is 2.80. The van der Waals surface area contributed by atoms with Crippen molar-refractivity contribution in [3.05, 3.63) is 53.1 Å². The first kappa shape index (κ1) is 15.5. The smallest absolute Gasteiger partial charge is 0.282 e. The van der Waals surface area contributed by atoms with E-state index in [1.54, 1.807) is 24.3 Å². The molecule has 3 rings (SSSR count). The van der Waals surface area contributed by atoms with Crippen molar-refractivity contribution in [3.63, 3.8) is 0 Å². The molecule has 0 bridgehead atoms. The van der Waals surface area contributed by atoms with Crippen LogP contribution < -0.4 is 9.47 Å². The minimum absolute atomic E-state index is 0.141. The number of aromatic hydroxyl groups is 1. The lowest BCUT2D eigenvalue weighted by molar-refractivity contribution is 0.0660. The molecule has 1 aliphatic rings. The first-order valence-corrected chi connectivity index (χ1v) is 7.03. The van der Waals surface area contributed by atoms with Crippen LogP contribution in [0.4, 0.5) is 0 Å². The zero-order valence-corrected chi connectivity index (χ0v) is 13.0. The van der Waals surface area contributed by atoms with Crippen molar-refractivity contribution in [3.8, 4) is 17.2 Å². The van der Waals surface area contributed by atoms with Crippen LogP contribution in [0.3, 0.4) is 0 Å². The predicted octanol–water partition coefficient (Wildman–Crippen LogP) is 2.04. The first-order valence-electron chi connectivity index (χ1n) is 7.03. The predicted molar refractivity (Wildman–Crippen MR) is 85.7 cm³/mol. The molecular formula is C17H14N2O5. The van der Waals surface area contributed by atoms with E-state index in [-0.39, 0.29) is 17.2 Å². The molecule has 0 spiro atoms. The van der Waals surface area contributed by atoms with Gasteiger partial charge in [0.25, 0.3) is 11.8 Å². The quantitative estimate of drug-likeness (QED) is 0.686. The summed E-state index contributed by atoms with van der Waals surface area (Å²) in [6.45, 7) is 0. The normalized spacial score (nSPS) is 13.5. The van der Waals surface area contributed by atoms with E-state index >= 15 is 0 Å². The van der Waals surface area contributed by atoms with Crippen LogP contribution in [0.5, 0.6) is 17.2 Å². The third-order valence-electron chi connectivity index (χ3n) is 3.60. The van der Waals surface area contributed by atoms with Crippen molar-refractivity contribution in [2.24, 2.45) is 5.10 Å². The van der Waals surface area contributed by atoms with Crippen LogP contribution in [0, 0.1) is 0 Å². The van der Waals surface area contributed by atoms with Gasteiger partial charge >= 0.3 is 0 Å². The van der Waals surface area contributed by atoms with E-state index in [9.17, 15) is 14.7 Å². The molecule has 7 nitrogen and oxygen atoms in total. The van der Waals surface area contributed by atoms with E-state index < -0.39 is 11.8 Å². The van der Waals surface area contributed by atoms with Crippen molar-refractivity contribution in [2.45, 2.75) is 0 Å². The van der Waals surface area contributed by atoms with E-state index in [0.29, 0.717) is 16.7 Å². The van der Waals surface area contributed by atoms with Gasteiger partial charge in [0.15, 0.2) is 11.5 Å². The molecule has 0 saturated heterocycles. The van der Waals surface area contributed by atoms with Gasteiger partial charge in [-0.15, -0.1) is 0 Å². The second-order valence-electron chi connectivity index (χ2n) is 4.99. The highest BCUT2D eigenvalue weighted by atomic mass is 16.5. The van der Waals surface area contributed by atoms with E-state index in [1.165, 1.54) is 32.6 Å². The zero-order valence-electron chi connectivity index (χ0n) is 13.0. The van der Waals surface area contributed by atoms with Gasteiger partial charge in [0, 0.05) is 5.56 Å². The molecule has 7 heteroatoms. The number of hydrazone groups is 1. The van der Waals surface area contributed by atoms with Gasteiger partial charge in [0.2, 0.25) is 5.75 Å². The molecule has 0 saturated carbocycles. The van der Waals surface area contributed by atoms with E-state index in [4.69, 9.17) is 9.47 Å². The number of methoxy groups -OCH3 is 2. The maximum atomic E-state index is 12.2. The number of amides is 2. The number of phenols is 1. The molecule has 1 heterocycles. The number of benzene rings is 2. The number of imide groups is 1. The molecule has 1 N–H and O–H groups in total. The standard InChI is InChI=1S/C17H14N2O5/c1-23-13-7-10(8-14(24-2)15(13)20)9-18-19-16(21)11-5-3-4-6-12(11)17(19)22/h3-9,20H,1-2H3/b18-9+. The zero-order chi connectivity index (χ0) is 17.3. The summed E-state index contributed by atoms with van der Waals surface area (Å²) >= 11 is 0. The van der Waals surface area contributed by atoms with Crippen molar-refractivity contribution in [1.82, 2.24) is 5.01 Å². The number of ether oxygens (including phenoxy) is 2. The largest absolute Gasteiger partial charge is 0.502 e. The molecule has 0 atom stereocenters. The Morgan fingerprint density at radius 1 is 1.00 bits per heavy atom. The Morgan fingerprint density at radius 3 is 1.96 bits per heavy atom. The van der Waals surface area contributed by atoms with Gasteiger partial charge in [-0.1, -0.05) is 12.1 Å². The maximum Gasteiger partial charge on any atom is 0.282 e. The van der Waals surface area contributed by atoms with Gasteiger partial charge in [-0.2, -0.15) is 10.1 Å². The van der Waals surface area contributed by atoms with Gasteiger partial charge in [-0.3, -0.25) is 9.59 Å². The molecule has 24 heavy (non-hydrogen) atoms. The summed E-state index contributed by atoms with van der Waals surface area (Å²) in [5.74, 6) is -0.719. The van der Waals surface area contributed by atoms with Crippen molar-refractivity contribution >= 4 is 18.0 Å². The van der Waals surface area contributed by atoms with E-state index in [0.717, 1.165) is 5.01 Å². The fraction of sp³-hybridized carbons (Fsp3) is 0.118. The summed E-state index contributed by atoms with van der Waals surface area (Å²) in [6, 6.07) is 9.56. The number of fused-ring (bicyclic) bond motifs is 1. The lowest BCUT2D eigenvalue weighted by Gasteiger charge is -2.10. The van der Waals surface area contributed by atoms with Crippen LogP contribution in [-0.2, 0) is 0 Å². The Labute approximate surface area is 137 Å². The number of carbonyl (C=O) groups excluding carboxylic acids is 2. The number of phenolic OH excluding ortho intramolecular Hbond substituents is 1. The first-order chi connectivity index (χ1) is 11.6. The van der Waals surface area contributed by atoms with Crippen molar-refractivity contribution < 1.29 is 24.2 Å². The molecule has 0 aromatic heterocycles. The summed E-state index contributed by atoms with van der Waals surface area (Å²) in [5, 5.41) is 14.7. The Balaban J connectivity index is 1.93. The highest BCUT2D eigenvalue weighted by Crippen LogP contribution is 2.36. The average Bonchev–Trinajstić information content (AvgIpc) is 2.85. The monoisotopic (exact) mass is 326 g/mol. The lowest BCUT2D eigenvalue weighted by Crippen LogP contribution is -2.24. The lowest BCUT2D eigenvalue weighted by atomic mass is 10.1. The Hall–Kier alpha value is -3.35. The molecule has 2 amide bonds. The molecule has 0 radical (unpaired) electrons. The number of carbonyl (C=O) groups is 2. The Kier molecular flexibility index (Phi) is 3.91.